The van der Waals surface area contributed by atoms with E-state index in [1.165, 1.54) is 35.8 Å². The van der Waals surface area contributed by atoms with Gasteiger partial charge in [-0.3, -0.25) is 42.7 Å². The standard InChI is InChI=1S/C66H73Cl2N10O13PS2/c1-40(2)88-39-56-55(91-92(85,86)90-41(3)4)34-62(89-56)78-35-45(65(83)72-66(78)84)9-17-59(80)69-20-25-75(26-21-70-60(81)36-76-53-28-42(38-79)8-15-57(53)93-63(76)29-43-18-23-73(5)51-13-10-46(67)31-49(43)51)27-22-71-61(82)37-77-54-33-48(87-7)12-16-58(54)94-64(77)30-44-19-24-74(6)52-14-11-47(68)32-50(44)52/h8-19,23-24,28-33,35,40-41,55-56,62,79H,20-22,25-27,34,36-39H2,1-7H3,(H3-2,69,70,71,72,80,81,82,83,84,85,86)/p+2/b17-9+. The highest BCUT2D eigenvalue weighted by Crippen LogP contribution is 2.51. The Balaban J connectivity index is 0.834. The van der Waals surface area contributed by atoms with Crippen LogP contribution in [0.25, 0.3) is 40.0 Å². The minimum atomic E-state index is -4.55. The van der Waals surface area contributed by atoms with Crippen LogP contribution in [-0.2, 0) is 58.2 Å². The number of pyridine rings is 2. The highest BCUT2D eigenvalue weighted by Gasteiger charge is 2.43. The molecule has 23 nitrogen and oxygen atoms in total. The molecule has 3 aliphatic heterocycles. The van der Waals surface area contributed by atoms with Gasteiger partial charge in [-0.15, -0.1) is 0 Å². The number of H-pyrrole nitrogens is 1. The summed E-state index contributed by atoms with van der Waals surface area (Å²) in [4.78, 5) is 88.7. The Morgan fingerprint density at radius 3 is 1.89 bits per heavy atom. The van der Waals surface area contributed by atoms with Gasteiger partial charge in [-0.2, -0.15) is 0 Å². The predicted octanol–water partition coefficient (Wildman–Crippen LogP) is 7.81. The first-order chi connectivity index (χ1) is 45.0. The van der Waals surface area contributed by atoms with Gasteiger partial charge in [0.05, 0.1) is 70.3 Å². The fraction of sp³-hybridized carbons (Fsp3) is 0.348. The number of nitrogens with zero attached hydrogens (tertiary/aromatic N) is 6. The number of hydrogen-bond acceptors (Lipinski definition) is 17. The first kappa shape index (κ1) is 69.5. The molecule has 4 aromatic carbocycles. The molecule has 0 spiro atoms. The third-order valence-corrected chi connectivity index (χ3v) is 19.6. The van der Waals surface area contributed by atoms with Crippen molar-refractivity contribution < 1.29 is 61.3 Å². The monoisotopic (exact) mass is 1380 g/mol. The maximum Gasteiger partial charge on any atom is 0.472 e. The molecule has 28 heteroatoms. The molecule has 4 unspecified atom stereocenters. The van der Waals surface area contributed by atoms with E-state index in [4.69, 9.17) is 46.5 Å². The van der Waals surface area contributed by atoms with Gasteiger partial charge in [0.1, 0.15) is 51.4 Å². The molecule has 6 N–H and O–H groups in total. The molecule has 3 aliphatic rings. The van der Waals surface area contributed by atoms with E-state index in [1.807, 2.05) is 147 Å². The highest BCUT2D eigenvalue weighted by atomic mass is 35.5. The zero-order valence-electron chi connectivity index (χ0n) is 52.9. The van der Waals surface area contributed by atoms with Gasteiger partial charge in [-0.05, 0) is 111 Å². The topological polar surface area (TPSA) is 263 Å². The summed E-state index contributed by atoms with van der Waals surface area (Å²) in [5, 5.41) is 23.8. The number of aliphatic hydroxyl groups is 1. The van der Waals surface area contributed by atoms with Crippen molar-refractivity contribution in [3.63, 3.8) is 0 Å². The van der Waals surface area contributed by atoms with Crippen LogP contribution in [0.15, 0.2) is 139 Å². The van der Waals surface area contributed by atoms with Gasteiger partial charge in [0, 0.05) is 108 Å². The van der Waals surface area contributed by atoms with Crippen molar-refractivity contribution in [3.8, 4) is 5.75 Å². The summed E-state index contributed by atoms with van der Waals surface area (Å²) in [5.41, 5.74) is 4.38. The number of methoxy groups -OCH3 is 1. The van der Waals surface area contributed by atoms with Crippen LogP contribution in [0.5, 0.6) is 5.75 Å². The molecule has 496 valence electrons. The van der Waals surface area contributed by atoms with Crippen LogP contribution in [0.4, 0.5) is 11.4 Å². The fourth-order valence-electron chi connectivity index (χ4n) is 11.0. The number of aromatic nitrogens is 4. The number of carbonyl (C=O) groups excluding carboxylic acids is 3. The molecular weight excluding hydrogens is 1310 g/mol. The van der Waals surface area contributed by atoms with Gasteiger partial charge in [0.25, 0.3) is 5.56 Å². The SMILES string of the molecule is COc1ccc2c(c1)N(CC(=O)NCCN(CCNC(=O)/C=C/c1cn(C3CC(OP(=O)(O)OC(C)C)C(COC(C)C)O3)c(=O)[nH]c1=O)CCNC(=O)CN1/C(=C/c3cc[n+](C)c4ccc(Cl)cc34)Sc3ccc(CO)cc31)/C(=C/c1cc[n+](C)c3ccc(Cl)cc13)S2. The van der Waals surface area contributed by atoms with Crippen molar-refractivity contribution in [1.29, 1.82) is 0 Å². The summed E-state index contributed by atoms with van der Waals surface area (Å²) in [6.07, 6.45) is 7.72. The summed E-state index contributed by atoms with van der Waals surface area (Å²) in [5.74, 6) is -0.480. The third-order valence-electron chi connectivity index (χ3n) is 15.7. The van der Waals surface area contributed by atoms with E-state index >= 15 is 0 Å². The number of aliphatic hydroxyl groups excluding tert-OH is 1. The van der Waals surface area contributed by atoms with E-state index in [-0.39, 0.29) is 82.4 Å². The first-order valence-corrected chi connectivity index (χ1v) is 34.4. The number of ether oxygens (including phenoxy) is 3. The number of thioether (sulfide) groups is 2. The zero-order valence-corrected chi connectivity index (χ0v) is 56.9. The molecule has 10 rings (SSSR count). The van der Waals surface area contributed by atoms with Crippen molar-refractivity contribution >= 4 is 124 Å². The number of halogens is 2. The summed E-state index contributed by atoms with van der Waals surface area (Å²) in [6.45, 7) is 7.81. The fourth-order valence-corrected chi connectivity index (χ4v) is 14.7. The maximum absolute atomic E-state index is 14.2. The maximum atomic E-state index is 14.2. The average Bonchev–Trinajstić information content (AvgIpc) is 1.58. The number of hydrogen-bond donors (Lipinski definition) is 6. The van der Waals surface area contributed by atoms with Gasteiger partial charge in [0.15, 0.2) is 12.4 Å². The van der Waals surface area contributed by atoms with E-state index in [0.29, 0.717) is 34.4 Å². The Hall–Kier alpha value is -7.36. The second kappa shape index (κ2) is 31.0. The van der Waals surface area contributed by atoms with Gasteiger partial charge in [-0.25, -0.2) is 18.5 Å². The Labute approximate surface area is 561 Å². The molecule has 4 atom stereocenters. The lowest BCUT2D eigenvalue weighted by atomic mass is 10.1. The lowest BCUT2D eigenvalue weighted by molar-refractivity contribution is -0.645. The molecule has 6 heterocycles. The van der Waals surface area contributed by atoms with Crippen molar-refractivity contribution in [3.05, 3.63) is 173 Å². The van der Waals surface area contributed by atoms with E-state index in [0.717, 1.165) is 74.8 Å². The van der Waals surface area contributed by atoms with E-state index in [1.54, 1.807) is 34.8 Å². The van der Waals surface area contributed by atoms with Gasteiger partial charge in [-0.1, -0.05) is 52.8 Å². The van der Waals surface area contributed by atoms with Crippen LogP contribution in [-0.4, -0.2) is 133 Å². The molecule has 0 radical (unpaired) electrons. The number of rotatable bonds is 27. The predicted molar refractivity (Wildman–Crippen MR) is 364 cm³/mol. The molecule has 3 aromatic heterocycles. The second-order valence-corrected chi connectivity index (χ2v) is 27.5. The van der Waals surface area contributed by atoms with E-state index in [9.17, 15) is 38.5 Å². The van der Waals surface area contributed by atoms with Crippen molar-refractivity contribution in [2.24, 2.45) is 14.1 Å². The lowest BCUT2D eigenvalue weighted by Gasteiger charge is -2.24. The smallest absolute Gasteiger partial charge is 0.472 e. The van der Waals surface area contributed by atoms with E-state index in [2.05, 4.69) is 20.9 Å². The van der Waals surface area contributed by atoms with Crippen LogP contribution in [0.3, 0.4) is 0 Å². The van der Waals surface area contributed by atoms with Crippen LogP contribution in [0.2, 0.25) is 10.0 Å². The number of nitrogens with one attached hydrogen (secondary N) is 4. The normalized spacial score (nSPS) is 17.7. The summed E-state index contributed by atoms with van der Waals surface area (Å²) in [7, 11) is 0.966. The Morgan fingerprint density at radius 2 is 1.34 bits per heavy atom. The molecule has 0 saturated carbocycles. The molecule has 1 saturated heterocycles. The summed E-state index contributed by atoms with van der Waals surface area (Å²) < 4.78 is 46.1. The Kier molecular flexibility index (Phi) is 22.9. The van der Waals surface area contributed by atoms with Crippen LogP contribution < -0.4 is 50.9 Å². The minimum absolute atomic E-state index is 0.0325. The van der Waals surface area contributed by atoms with Crippen molar-refractivity contribution in [2.75, 3.05) is 75.9 Å². The number of benzene rings is 4. The summed E-state index contributed by atoms with van der Waals surface area (Å²) in [6, 6.07) is 26.9. The number of aryl methyl sites for hydroxylation is 2. The zero-order chi connectivity index (χ0) is 67.0. The van der Waals surface area contributed by atoms with Crippen molar-refractivity contribution in [1.82, 2.24) is 30.4 Å². The largest absolute Gasteiger partial charge is 0.497 e. The number of anilines is 2. The van der Waals surface area contributed by atoms with Crippen LogP contribution in [0.1, 0.15) is 62.6 Å². The number of carbonyl (C=O) groups is 3. The highest BCUT2D eigenvalue weighted by molar-refractivity contribution is 8.04. The Morgan fingerprint density at radius 1 is 0.777 bits per heavy atom. The van der Waals surface area contributed by atoms with Gasteiger partial charge in [0.2, 0.25) is 28.8 Å². The van der Waals surface area contributed by atoms with Gasteiger partial charge >= 0.3 is 13.5 Å². The molecule has 7 aromatic rings. The number of amides is 3. The quantitative estimate of drug-likeness (QED) is 0.0163. The number of phosphoric acid groups is 1. The molecule has 1 fully saturated rings. The Bertz CT molecular complexity index is 4100. The number of aromatic amines is 1. The molecule has 94 heavy (non-hydrogen) atoms. The van der Waals surface area contributed by atoms with E-state index < -0.39 is 49.5 Å². The third kappa shape index (κ3) is 17.4. The summed E-state index contributed by atoms with van der Waals surface area (Å²) >= 11 is 16.1. The lowest BCUT2D eigenvalue weighted by Crippen LogP contribution is -2.45. The number of phosphoric ester groups is 1. The molecular formula is C66H75Cl2N10O13PS2+2. The molecule has 3 amide bonds. The first-order valence-electron chi connectivity index (χ1n) is 30.5. The minimum Gasteiger partial charge on any atom is -0.497 e. The number of fused-ring (bicyclic) bond motifs is 4. The molecule has 0 aliphatic carbocycles. The van der Waals surface area contributed by atoms with Crippen molar-refractivity contribution in [2.45, 2.75) is 81.2 Å². The average molecular weight is 1380 g/mol. The second-order valence-electron chi connectivity index (χ2n) is 23.2. The molecule has 0 bridgehead atoms. The van der Waals surface area contributed by atoms with Gasteiger partial charge < -0.3 is 50.0 Å². The van der Waals surface area contributed by atoms with Crippen LogP contribution in [0, 0.1) is 0 Å². The van der Waals surface area contributed by atoms with Crippen LogP contribution >= 0.6 is 54.5 Å².